The molecule has 2 aromatic rings. The zero-order chi connectivity index (χ0) is 13.9. The molecule has 0 saturated carbocycles. The van der Waals surface area contributed by atoms with Gasteiger partial charge in [0.1, 0.15) is 12.7 Å². The molecule has 1 fully saturated rings. The molecule has 1 aromatic heterocycles. The summed E-state index contributed by atoms with van der Waals surface area (Å²) in [6.45, 7) is 2.24. The first-order chi connectivity index (χ1) is 9.72. The molecule has 0 amide bonds. The summed E-state index contributed by atoms with van der Waals surface area (Å²) in [6, 6.07) is 6.27. The third kappa shape index (κ3) is 2.94. The summed E-state index contributed by atoms with van der Waals surface area (Å²) in [6.07, 6.45) is 5.51. The maximum atomic E-state index is 6.13. The van der Waals surface area contributed by atoms with Gasteiger partial charge in [-0.1, -0.05) is 11.6 Å². The molecule has 106 valence electrons. The van der Waals surface area contributed by atoms with Crippen molar-refractivity contribution >= 4 is 17.3 Å². The molecule has 1 aromatic carbocycles. The average molecular weight is 292 g/mol. The van der Waals surface area contributed by atoms with Crippen LogP contribution < -0.4 is 5.32 Å². The molecule has 1 aliphatic rings. The zero-order valence-electron chi connectivity index (χ0n) is 11.5. The quantitative estimate of drug-likeness (QED) is 0.943. The van der Waals surface area contributed by atoms with Crippen LogP contribution in [0.25, 0.3) is 5.69 Å². The van der Waals surface area contributed by atoms with E-state index in [-0.39, 0.29) is 0 Å². The lowest BCUT2D eigenvalue weighted by Crippen LogP contribution is -2.36. The van der Waals surface area contributed by atoms with Crippen LogP contribution in [0.4, 0.5) is 5.69 Å². The van der Waals surface area contributed by atoms with Crippen molar-refractivity contribution in [2.45, 2.75) is 18.9 Å². The summed E-state index contributed by atoms with van der Waals surface area (Å²) >= 11 is 6.13. The van der Waals surface area contributed by atoms with Crippen molar-refractivity contribution in [2.24, 2.45) is 0 Å². The van der Waals surface area contributed by atoms with Gasteiger partial charge in [0.25, 0.3) is 0 Å². The third-order valence-corrected chi connectivity index (χ3v) is 3.94. The normalized spacial score (nSPS) is 17.3. The molecule has 0 bridgehead atoms. The standard InChI is InChI=1S/C14H18ClN5/c1-19-6-4-12(5-7-19)18-13-8-11(15)2-3-14(13)20-10-16-9-17-20/h2-3,8-10,12,18H,4-7H2,1H3. The van der Waals surface area contributed by atoms with Crippen LogP contribution in [0.3, 0.4) is 0 Å². The van der Waals surface area contributed by atoms with Crippen molar-refractivity contribution in [1.29, 1.82) is 0 Å². The van der Waals surface area contributed by atoms with Crippen molar-refractivity contribution in [1.82, 2.24) is 19.7 Å². The van der Waals surface area contributed by atoms with Gasteiger partial charge in [0.05, 0.1) is 11.4 Å². The SMILES string of the molecule is CN1CCC(Nc2cc(Cl)ccc2-n2cncn2)CC1. The second kappa shape index (κ2) is 5.81. The van der Waals surface area contributed by atoms with Gasteiger partial charge in [-0.25, -0.2) is 9.67 Å². The third-order valence-electron chi connectivity index (χ3n) is 3.70. The molecule has 0 radical (unpaired) electrons. The summed E-state index contributed by atoms with van der Waals surface area (Å²) in [7, 11) is 2.16. The van der Waals surface area contributed by atoms with Gasteiger partial charge in [0.15, 0.2) is 0 Å². The number of likely N-dealkylation sites (tertiary alicyclic amines) is 1. The van der Waals surface area contributed by atoms with Gasteiger partial charge in [0.2, 0.25) is 0 Å². The van der Waals surface area contributed by atoms with Crippen molar-refractivity contribution < 1.29 is 0 Å². The van der Waals surface area contributed by atoms with Crippen LogP contribution in [-0.2, 0) is 0 Å². The van der Waals surface area contributed by atoms with Crippen LogP contribution in [0.1, 0.15) is 12.8 Å². The number of nitrogens with one attached hydrogen (secondary N) is 1. The molecule has 3 rings (SSSR count). The van der Waals surface area contributed by atoms with Gasteiger partial charge in [-0.15, -0.1) is 0 Å². The minimum atomic E-state index is 0.479. The van der Waals surface area contributed by atoms with Crippen molar-refractivity contribution in [2.75, 3.05) is 25.5 Å². The number of nitrogens with zero attached hydrogens (tertiary/aromatic N) is 4. The van der Waals surface area contributed by atoms with Crippen molar-refractivity contribution in [3.05, 3.63) is 35.9 Å². The van der Waals surface area contributed by atoms with Gasteiger partial charge in [-0.05, 0) is 51.2 Å². The first-order valence-electron chi connectivity index (χ1n) is 6.82. The Hall–Kier alpha value is -1.59. The van der Waals surface area contributed by atoms with Gasteiger partial charge >= 0.3 is 0 Å². The highest BCUT2D eigenvalue weighted by Gasteiger charge is 2.18. The molecular formula is C14H18ClN5. The Balaban J connectivity index is 1.83. The van der Waals surface area contributed by atoms with E-state index in [1.165, 1.54) is 6.33 Å². The molecule has 1 aliphatic heterocycles. The molecular weight excluding hydrogens is 274 g/mol. The smallest absolute Gasteiger partial charge is 0.138 e. The molecule has 6 heteroatoms. The number of anilines is 1. The summed E-state index contributed by atoms with van der Waals surface area (Å²) < 4.78 is 1.76. The van der Waals surface area contributed by atoms with E-state index in [4.69, 9.17) is 11.6 Å². The monoisotopic (exact) mass is 291 g/mol. The van der Waals surface area contributed by atoms with E-state index in [2.05, 4.69) is 27.3 Å². The zero-order valence-corrected chi connectivity index (χ0v) is 12.2. The number of piperidine rings is 1. The summed E-state index contributed by atoms with van der Waals surface area (Å²) in [4.78, 5) is 6.36. The summed E-state index contributed by atoms with van der Waals surface area (Å²) in [5, 5.41) is 8.52. The van der Waals surface area contributed by atoms with Gasteiger partial charge in [0, 0.05) is 11.1 Å². The molecule has 0 spiro atoms. The fourth-order valence-corrected chi connectivity index (χ4v) is 2.70. The minimum Gasteiger partial charge on any atom is -0.380 e. The van der Waals surface area contributed by atoms with E-state index in [0.29, 0.717) is 6.04 Å². The Morgan fingerprint density at radius 2 is 2.10 bits per heavy atom. The van der Waals surface area contributed by atoms with E-state index in [0.717, 1.165) is 42.3 Å². The number of benzene rings is 1. The first-order valence-corrected chi connectivity index (χ1v) is 7.20. The van der Waals surface area contributed by atoms with E-state index in [1.54, 1.807) is 11.0 Å². The Bertz CT molecular complexity index is 561. The van der Waals surface area contributed by atoms with Crippen LogP contribution in [-0.4, -0.2) is 45.8 Å². The molecule has 0 unspecified atom stereocenters. The van der Waals surface area contributed by atoms with Crippen LogP contribution in [0.15, 0.2) is 30.9 Å². The van der Waals surface area contributed by atoms with E-state index in [1.807, 2.05) is 18.2 Å². The average Bonchev–Trinajstić information content (AvgIpc) is 2.95. The lowest BCUT2D eigenvalue weighted by Gasteiger charge is -2.30. The highest BCUT2D eigenvalue weighted by molar-refractivity contribution is 6.31. The van der Waals surface area contributed by atoms with Crippen molar-refractivity contribution in [3.8, 4) is 5.69 Å². The van der Waals surface area contributed by atoms with E-state index >= 15 is 0 Å². The first kappa shape index (κ1) is 13.4. The molecule has 1 saturated heterocycles. The Kier molecular flexibility index (Phi) is 3.89. The molecule has 5 nitrogen and oxygen atoms in total. The largest absolute Gasteiger partial charge is 0.380 e. The molecule has 0 atom stereocenters. The maximum Gasteiger partial charge on any atom is 0.138 e. The molecule has 20 heavy (non-hydrogen) atoms. The van der Waals surface area contributed by atoms with Crippen LogP contribution in [0.5, 0.6) is 0 Å². The second-order valence-electron chi connectivity index (χ2n) is 5.22. The van der Waals surface area contributed by atoms with Gasteiger partial charge in [-0.2, -0.15) is 5.10 Å². The molecule has 0 aliphatic carbocycles. The predicted molar refractivity (Wildman–Crippen MR) is 80.5 cm³/mol. The molecule has 1 N–H and O–H groups in total. The fraction of sp³-hybridized carbons (Fsp3) is 0.429. The number of halogens is 1. The number of rotatable bonds is 3. The second-order valence-corrected chi connectivity index (χ2v) is 5.66. The number of hydrogen-bond donors (Lipinski definition) is 1. The van der Waals surface area contributed by atoms with Crippen LogP contribution >= 0.6 is 11.6 Å². The van der Waals surface area contributed by atoms with Crippen molar-refractivity contribution in [3.63, 3.8) is 0 Å². The fourth-order valence-electron chi connectivity index (χ4n) is 2.53. The Morgan fingerprint density at radius 3 is 2.80 bits per heavy atom. The van der Waals surface area contributed by atoms with Crippen LogP contribution in [0.2, 0.25) is 5.02 Å². The topological polar surface area (TPSA) is 46.0 Å². The minimum absolute atomic E-state index is 0.479. The summed E-state index contributed by atoms with van der Waals surface area (Å²) in [5.41, 5.74) is 1.99. The Labute approximate surface area is 123 Å². The van der Waals surface area contributed by atoms with Gasteiger partial charge < -0.3 is 10.2 Å². The van der Waals surface area contributed by atoms with Gasteiger partial charge in [-0.3, -0.25) is 0 Å². The lowest BCUT2D eigenvalue weighted by atomic mass is 10.0. The predicted octanol–water partition coefficient (Wildman–Crippen LogP) is 2.43. The Morgan fingerprint density at radius 1 is 1.30 bits per heavy atom. The maximum absolute atomic E-state index is 6.13. The van der Waals surface area contributed by atoms with E-state index in [9.17, 15) is 0 Å². The number of hydrogen-bond acceptors (Lipinski definition) is 4. The van der Waals surface area contributed by atoms with E-state index < -0.39 is 0 Å². The highest BCUT2D eigenvalue weighted by Crippen LogP contribution is 2.26. The summed E-state index contributed by atoms with van der Waals surface area (Å²) in [5.74, 6) is 0. The highest BCUT2D eigenvalue weighted by atomic mass is 35.5. The molecule has 2 heterocycles. The van der Waals surface area contributed by atoms with Crippen LogP contribution in [0, 0.1) is 0 Å². The lowest BCUT2D eigenvalue weighted by molar-refractivity contribution is 0.264. The number of aromatic nitrogens is 3.